The van der Waals surface area contributed by atoms with Gasteiger partial charge in [-0.2, -0.15) is 0 Å². The number of nitrogen functional groups attached to an aromatic ring is 1. The predicted molar refractivity (Wildman–Crippen MR) is 82.8 cm³/mol. The molecule has 0 bridgehead atoms. The van der Waals surface area contributed by atoms with Gasteiger partial charge < -0.3 is 20.3 Å². The van der Waals surface area contributed by atoms with E-state index in [-0.39, 0.29) is 6.61 Å². The molecule has 21 heavy (non-hydrogen) atoms. The van der Waals surface area contributed by atoms with Crippen molar-refractivity contribution in [3.63, 3.8) is 0 Å². The molecular weight excluding hydrogens is 270 g/mol. The molecule has 0 atom stereocenters. The normalized spacial score (nSPS) is 16.9. The Morgan fingerprint density at radius 3 is 2.33 bits per heavy atom. The van der Waals surface area contributed by atoms with E-state index in [0.717, 1.165) is 50.6 Å². The molecule has 0 saturated carbocycles. The fourth-order valence-corrected chi connectivity index (χ4v) is 2.74. The molecule has 1 aliphatic rings. The van der Waals surface area contributed by atoms with Gasteiger partial charge in [0.15, 0.2) is 11.5 Å². The summed E-state index contributed by atoms with van der Waals surface area (Å²) in [6.07, 6.45) is 0. The van der Waals surface area contributed by atoms with Crippen molar-refractivity contribution in [1.82, 2.24) is 9.80 Å². The number of methoxy groups -OCH3 is 2. The van der Waals surface area contributed by atoms with E-state index in [1.165, 1.54) is 0 Å². The van der Waals surface area contributed by atoms with Crippen LogP contribution in [0.5, 0.6) is 11.5 Å². The van der Waals surface area contributed by atoms with E-state index in [4.69, 9.17) is 20.3 Å². The zero-order chi connectivity index (χ0) is 15.2. The predicted octanol–water partition coefficient (Wildman–Crippen LogP) is 0.396. The van der Waals surface area contributed by atoms with Gasteiger partial charge in [0.05, 0.1) is 20.8 Å². The lowest BCUT2D eigenvalue weighted by Gasteiger charge is -2.34. The summed E-state index contributed by atoms with van der Waals surface area (Å²) in [7, 11) is 3.27. The van der Waals surface area contributed by atoms with E-state index in [2.05, 4.69) is 9.80 Å². The van der Waals surface area contributed by atoms with Crippen LogP contribution < -0.4 is 15.2 Å². The molecule has 1 aromatic carbocycles. The lowest BCUT2D eigenvalue weighted by Crippen LogP contribution is -2.46. The largest absolute Gasteiger partial charge is 0.493 e. The van der Waals surface area contributed by atoms with E-state index >= 15 is 0 Å². The second-order valence-corrected chi connectivity index (χ2v) is 5.26. The van der Waals surface area contributed by atoms with Crippen LogP contribution >= 0.6 is 0 Å². The summed E-state index contributed by atoms with van der Waals surface area (Å²) in [6.45, 7) is 5.66. The highest BCUT2D eigenvalue weighted by Crippen LogP contribution is 2.34. The van der Waals surface area contributed by atoms with Crippen LogP contribution in [0.2, 0.25) is 0 Å². The molecule has 0 aliphatic carbocycles. The third kappa shape index (κ3) is 4.00. The van der Waals surface area contributed by atoms with Crippen molar-refractivity contribution in [2.24, 2.45) is 0 Å². The Hall–Kier alpha value is -1.50. The highest BCUT2D eigenvalue weighted by Gasteiger charge is 2.19. The van der Waals surface area contributed by atoms with Crippen molar-refractivity contribution in [3.8, 4) is 11.5 Å². The average Bonchev–Trinajstić information content (AvgIpc) is 2.49. The number of hydrogen-bond acceptors (Lipinski definition) is 6. The van der Waals surface area contributed by atoms with Crippen molar-refractivity contribution in [1.29, 1.82) is 0 Å². The minimum Gasteiger partial charge on any atom is -0.493 e. The number of aliphatic hydroxyl groups excluding tert-OH is 1. The highest BCUT2D eigenvalue weighted by atomic mass is 16.5. The lowest BCUT2D eigenvalue weighted by atomic mass is 10.1. The fourth-order valence-electron chi connectivity index (χ4n) is 2.74. The standard InChI is InChI=1S/C15H25N3O3/c1-20-14-10-13(16)9-12(15(14)21-2)11-18-5-3-17(4-6-18)7-8-19/h9-10,19H,3-8,11,16H2,1-2H3. The number of benzene rings is 1. The third-order valence-corrected chi connectivity index (χ3v) is 3.85. The molecular formula is C15H25N3O3. The Balaban J connectivity index is 2.05. The smallest absolute Gasteiger partial charge is 0.165 e. The molecule has 1 aromatic rings. The van der Waals surface area contributed by atoms with Gasteiger partial charge in [0.25, 0.3) is 0 Å². The van der Waals surface area contributed by atoms with Crippen LogP contribution in [-0.4, -0.2) is 68.5 Å². The van der Waals surface area contributed by atoms with Crippen LogP contribution in [0.3, 0.4) is 0 Å². The van der Waals surface area contributed by atoms with Crippen LogP contribution in [0, 0.1) is 0 Å². The number of nitrogens with two attached hydrogens (primary N) is 1. The van der Waals surface area contributed by atoms with Crippen LogP contribution in [0.1, 0.15) is 5.56 Å². The van der Waals surface area contributed by atoms with E-state index < -0.39 is 0 Å². The Morgan fingerprint density at radius 2 is 1.76 bits per heavy atom. The maximum absolute atomic E-state index is 8.98. The number of anilines is 1. The topological polar surface area (TPSA) is 71.2 Å². The first-order chi connectivity index (χ1) is 10.2. The summed E-state index contributed by atoms with van der Waals surface area (Å²) < 4.78 is 10.8. The van der Waals surface area contributed by atoms with Gasteiger partial charge in [-0.25, -0.2) is 0 Å². The minimum absolute atomic E-state index is 0.222. The van der Waals surface area contributed by atoms with Crippen LogP contribution in [-0.2, 0) is 6.54 Å². The molecule has 118 valence electrons. The number of piperazine rings is 1. The first kappa shape index (κ1) is 15.9. The summed E-state index contributed by atoms with van der Waals surface area (Å²) >= 11 is 0. The van der Waals surface area contributed by atoms with Crippen molar-refractivity contribution < 1.29 is 14.6 Å². The molecule has 0 spiro atoms. The quantitative estimate of drug-likeness (QED) is 0.740. The summed E-state index contributed by atoms with van der Waals surface area (Å²) in [5.74, 6) is 1.43. The molecule has 0 amide bonds. The van der Waals surface area contributed by atoms with Crippen molar-refractivity contribution in [3.05, 3.63) is 17.7 Å². The van der Waals surface area contributed by atoms with E-state index in [9.17, 15) is 0 Å². The number of ether oxygens (including phenoxy) is 2. The minimum atomic E-state index is 0.222. The number of hydrogen-bond donors (Lipinski definition) is 2. The van der Waals surface area contributed by atoms with Gasteiger partial charge in [-0.05, 0) is 6.07 Å². The Morgan fingerprint density at radius 1 is 1.10 bits per heavy atom. The first-order valence-corrected chi connectivity index (χ1v) is 7.24. The average molecular weight is 295 g/mol. The second-order valence-electron chi connectivity index (χ2n) is 5.26. The molecule has 2 rings (SSSR count). The Bertz CT molecular complexity index is 460. The second kappa shape index (κ2) is 7.49. The monoisotopic (exact) mass is 295 g/mol. The lowest BCUT2D eigenvalue weighted by molar-refractivity contribution is 0.108. The number of nitrogens with zero attached hydrogens (tertiary/aromatic N) is 2. The van der Waals surface area contributed by atoms with Gasteiger partial charge in [0.2, 0.25) is 0 Å². The Labute approximate surface area is 126 Å². The molecule has 3 N–H and O–H groups in total. The van der Waals surface area contributed by atoms with Gasteiger partial charge in [-0.3, -0.25) is 9.80 Å². The maximum atomic E-state index is 8.98. The third-order valence-electron chi connectivity index (χ3n) is 3.85. The zero-order valence-electron chi connectivity index (χ0n) is 12.8. The van der Waals surface area contributed by atoms with Gasteiger partial charge in [-0.1, -0.05) is 0 Å². The molecule has 1 saturated heterocycles. The summed E-state index contributed by atoms with van der Waals surface area (Å²) in [5.41, 5.74) is 7.66. The van der Waals surface area contributed by atoms with Crippen molar-refractivity contribution in [2.45, 2.75) is 6.54 Å². The molecule has 6 nitrogen and oxygen atoms in total. The van der Waals surface area contributed by atoms with Crippen molar-refractivity contribution >= 4 is 5.69 Å². The molecule has 1 heterocycles. The molecule has 0 aromatic heterocycles. The van der Waals surface area contributed by atoms with Crippen LogP contribution in [0.4, 0.5) is 5.69 Å². The summed E-state index contributed by atoms with van der Waals surface area (Å²) in [5, 5.41) is 8.98. The molecule has 1 fully saturated rings. The van der Waals surface area contributed by atoms with Crippen molar-refractivity contribution in [2.75, 3.05) is 59.3 Å². The molecule has 0 unspecified atom stereocenters. The molecule has 1 aliphatic heterocycles. The van der Waals surface area contributed by atoms with Crippen LogP contribution in [0.15, 0.2) is 12.1 Å². The fraction of sp³-hybridized carbons (Fsp3) is 0.600. The van der Waals surface area contributed by atoms with Gasteiger partial charge in [-0.15, -0.1) is 0 Å². The highest BCUT2D eigenvalue weighted by molar-refractivity contribution is 5.57. The molecule has 0 radical (unpaired) electrons. The van der Waals surface area contributed by atoms with E-state index in [1.54, 1.807) is 20.3 Å². The Kier molecular flexibility index (Phi) is 5.67. The van der Waals surface area contributed by atoms with Gasteiger partial charge in [0, 0.05) is 56.6 Å². The zero-order valence-corrected chi connectivity index (χ0v) is 12.8. The van der Waals surface area contributed by atoms with Gasteiger partial charge in [0.1, 0.15) is 0 Å². The van der Waals surface area contributed by atoms with Gasteiger partial charge >= 0.3 is 0 Å². The van der Waals surface area contributed by atoms with E-state index in [0.29, 0.717) is 11.4 Å². The number of β-amino-alcohol motifs (C(OH)–C–C–N with tert-alkyl or cyclic N) is 1. The number of aliphatic hydroxyl groups is 1. The summed E-state index contributed by atoms with van der Waals surface area (Å²) in [6, 6.07) is 3.73. The summed E-state index contributed by atoms with van der Waals surface area (Å²) in [4.78, 5) is 4.64. The SMILES string of the molecule is COc1cc(N)cc(CN2CCN(CCO)CC2)c1OC. The number of rotatable bonds is 6. The molecule has 6 heteroatoms. The maximum Gasteiger partial charge on any atom is 0.165 e. The van der Waals surface area contributed by atoms with Crippen LogP contribution in [0.25, 0.3) is 0 Å². The first-order valence-electron chi connectivity index (χ1n) is 7.24. The van der Waals surface area contributed by atoms with E-state index in [1.807, 2.05) is 6.07 Å².